The maximum Gasteiger partial charge on any atom is 0.408 e. The van der Waals surface area contributed by atoms with E-state index in [0.29, 0.717) is 19.6 Å². The molecule has 5 nitrogen and oxygen atoms in total. The maximum absolute atomic E-state index is 12.0. The standard InChI is InChI=1S/C16H21NO4/c1-2-21-14(18)12-16(13-8-4-3-5-9-13)10-6-7-11-17(16)15(19)20/h3-5,8-9H,2,6-7,10-12H2,1H3,(H,19,20). The summed E-state index contributed by atoms with van der Waals surface area (Å²) in [5, 5.41) is 9.55. The van der Waals surface area contributed by atoms with Gasteiger partial charge in [0.1, 0.15) is 0 Å². The van der Waals surface area contributed by atoms with Gasteiger partial charge in [-0.25, -0.2) is 4.79 Å². The van der Waals surface area contributed by atoms with Gasteiger partial charge in [0.15, 0.2) is 0 Å². The Labute approximate surface area is 124 Å². The van der Waals surface area contributed by atoms with E-state index in [-0.39, 0.29) is 12.4 Å². The number of nitrogens with zero attached hydrogens (tertiary/aromatic N) is 1. The molecular formula is C16H21NO4. The van der Waals surface area contributed by atoms with Crippen LogP contribution in [0.3, 0.4) is 0 Å². The zero-order valence-corrected chi connectivity index (χ0v) is 12.2. The molecule has 21 heavy (non-hydrogen) atoms. The molecule has 0 bridgehead atoms. The third-order valence-electron chi connectivity index (χ3n) is 4.02. The molecule has 1 fully saturated rings. The molecule has 1 saturated heterocycles. The van der Waals surface area contributed by atoms with Crippen LogP contribution in [-0.2, 0) is 15.1 Å². The lowest BCUT2D eigenvalue weighted by molar-refractivity contribution is -0.147. The molecule has 0 aromatic heterocycles. The fourth-order valence-electron chi connectivity index (χ4n) is 3.10. The minimum absolute atomic E-state index is 0.0666. The number of amides is 1. The van der Waals surface area contributed by atoms with Crippen LogP contribution in [0.5, 0.6) is 0 Å². The third kappa shape index (κ3) is 3.17. The fraction of sp³-hybridized carbons (Fsp3) is 0.500. The maximum atomic E-state index is 12.0. The van der Waals surface area contributed by atoms with Gasteiger partial charge in [-0.3, -0.25) is 9.69 Å². The van der Waals surface area contributed by atoms with E-state index in [2.05, 4.69) is 0 Å². The molecule has 5 heteroatoms. The molecule has 1 heterocycles. The van der Waals surface area contributed by atoms with Crippen LogP contribution in [0.4, 0.5) is 4.79 Å². The topological polar surface area (TPSA) is 66.8 Å². The number of ether oxygens (including phenoxy) is 1. The largest absolute Gasteiger partial charge is 0.466 e. The van der Waals surface area contributed by atoms with Gasteiger partial charge in [0.05, 0.1) is 18.6 Å². The van der Waals surface area contributed by atoms with Gasteiger partial charge in [0, 0.05) is 6.54 Å². The van der Waals surface area contributed by atoms with E-state index in [1.54, 1.807) is 6.92 Å². The lowest BCUT2D eigenvalue weighted by Gasteiger charge is -2.45. The minimum Gasteiger partial charge on any atom is -0.466 e. The second-order valence-corrected chi connectivity index (χ2v) is 5.27. The quantitative estimate of drug-likeness (QED) is 0.866. The Hall–Kier alpha value is -2.04. The molecule has 1 aliphatic rings. The van der Waals surface area contributed by atoms with E-state index in [4.69, 9.17) is 4.74 Å². The van der Waals surface area contributed by atoms with Crippen molar-refractivity contribution < 1.29 is 19.4 Å². The zero-order chi connectivity index (χ0) is 15.3. The van der Waals surface area contributed by atoms with Crippen LogP contribution in [-0.4, -0.2) is 35.2 Å². The molecule has 1 atom stereocenters. The number of esters is 1. The number of hydrogen-bond donors (Lipinski definition) is 1. The first-order valence-electron chi connectivity index (χ1n) is 7.32. The van der Waals surface area contributed by atoms with E-state index in [1.165, 1.54) is 4.90 Å². The average molecular weight is 291 g/mol. The number of carboxylic acid groups (broad SMARTS) is 1. The SMILES string of the molecule is CCOC(=O)CC1(c2ccccc2)CCCCN1C(=O)O. The summed E-state index contributed by atoms with van der Waals surface area (Å²) in [6.45, 7) is 2.50. The first kappa shape index (κ1) is 15.4. The number of carbonyl (C=O) groups excluding carboxylic acids is 1. The molecule has 0 saturated carbocycles. The summed E-state index contributed by atoms with van der Waals surface area (Å²) in [5.41, 5.74) is 0.0533. The Morgan fingerprint density at radius 1 is 1.29 bits per heavy atom. The second-order valence-electron chi connectivity index (χ2n) is 5.27. The predicted molar refractivity (Wildman–Crippen MR) is 78.0 cm³/mol. The average Bonchev–Trinajstić information content (AvgIpc) is 2.48. The minimum atomic E-state index is -0.983. The van der Waals surface area contributed by atoms with Crippen LogP contribution in [0.15, 0.2) is 30.3 Å². The molecule has 1 amide bonds. The summed E-state index contributed by atoms with van der Waals surface area (Å²) < 4.78 is 5.06. The van der Waals surface area contributed by atoms with Gasteiger partial charge in [-0.1, -0.05) is 30.3 Å². The van der Waals surface area contributed by atoms with Crippen molar-refractivity contribution in [3.05, 3.63) is 35.9 Å². The first-order chi connectivity index (χ1) is 10.1. The van der Waals surface area contributed by atoms with Crippen LogP contribution >= 0.6 is 0 Å². The van der Waals surface area contributed by atoms with Crippen molar-refractivity contribution >= 4 is 12.1 Å². The fourth-order valence-corrected chi connectivity index (χ4v) is 3.10. The smallest absolute Gasteiger partial charge is 0.408 e. The highest BCUT2D eigenvalue weighted by Gasteiger charge is 2.45. The Balaban J connectivity index is 2.41. The Morgan fingerprint density at radius 2 is 2.00 bits per heavy atom. The second kappa shape index (κ2) is 6.61. The Morgan fingerprint density at radius 3 is 2.62 bits per heavy atom. The summed E-state index contributed by atoms with van der Waals surface area (Å²) in [6, 6.07) is 9.41. The van der Waals surface area contributed by atoms with Crippen molar-refractivity contribution in [3.63, 3.8) is 0 Å². The molecule has 114 valence electrons. The summed E-state index contributed by atoms with van der Waals surface area (Å²) in [6.07, 6.45) is 1.45. The van der Waals surface area contributed by atoms with Crippen LogP contribution in [0.2, 0.25) is 0 Å². The van der Waals surface area contributed by atoms with Crippen molar-refractivity contribution in [1.29, 1.82) is 0 Å². The van der Waals surface area contributed by atoms with Crippen LogP contribution < -0.4 is 0 Å². The molecule has 1 aromatic rings. The molecule has 1 unspecified atom stereocenters. The summed E-state index contributed by atoms with van der Waals surface area (Å²) in [5.74, 6) is -0.352. The summed E-state index contributed by atoms with van der Waals surface area (Å²) >= 11 is 0. The molecule has 0 aliphatic carbocycles. The molecule has 1 aliphatic heterocycles. The van der Waals surface area contributed by atoms with Crippen molar-refractivity contribution in [2.45, 2.75) is 38.1 Å². The van der Waals surface area contributed by atoms with Crippen molar-refractivity contribution in [2.24, 2.45) is 0 Å². The number of benzene rings is 1. The van der Waals surface area contributed by atoms with Gasteiger partial charge in [-0.2, -0.15) is 0 Å². The number of carbonyl (C=O) groups is 2. The van der Waals surface area contributed by atoms with Crippen molar-refractivity contribution in [1.82, 2.24) is 4.90 Å². The Kier molecular flexibility index (Phi) is 4.83. The Bertz CT molecular complexity index is 502. The summed E-state index contributed by atoms with van der Waals surface area (Å²) in [4.78, 5) is 25.1. The number of piperidine rings is 1. The van der Waals surface area contributed by atoms with E-state index < -0.39 is 11.6 Å². The van der Waals surface area contributed by atoms with Gasteiger partial charge in [-0.05, 0) is 31.7 Å². The predicted octanol–water partition coefficient (Wildman–Crippen LogP) is 3.00. The van der Waals surface area contributed by atoms with Gasteiger partial charge in [0.25, 0.3) is 0 Å². The molecular weight excluding hydrogens is 270 g/mol. The number of likely N-dealkylation sites (tertiary alicyclic amines) is 1. The highest BCUT2D eigenvalue weighted by molar-refractivity contribution is 5.74. The van der Waals surface area contributed by atoms with Crippen LogP contribution in [0.25, 0.3) is 0 Å². The molecule has 2 rings (SSSR count). The normalized spacial score (nSPS) is 21.9. The van der Waals surface area contributed by atoms with E-state index in [0.717, 1.165) is 18.4 Å². The van der Waals surface area contributed by atoms with Gasteiger partial charge < -0.3 is 9.84 Å². The molecule has 0 spiro atoms. The molecule has 1 N–H and O–H groups in total. The number of hydrogen-bond acceptors (Lipinski definition) is 3. The highest BCUT2D eigenvalue weighted by Crippen LogP contribution is 2.40. The van der Waals surface area contributed by atoms with Crippen LogP contribution in [0.1, 0.15) is 38.2 Å². The summed E-state index contributed by atoms with van der Waals surface area (Å²) in [7, 11) is 0. The van der Waals surface area contributed by atoms with Crippen molar-refractivity contribution in [3.8, 4) is 0 Å². The van der Waals surface area contributed by atoms with E-state index in [1.807, 2.05) is 30.3 Å². The molecule has 1 aromatic carbocycles. The van der Waals surface area contributed by atoms with E-state index >= 15 is 0 Å². The van der Waals surface area contributed by atoms with Crippen molar-refractivity contribution in [2.75, 3.05) is 13.2 Å². The lowest BCUT2D eigenvalue weighted by atomic mass is 9.78. The van der Waals surface area contributed by atoms with E-state index in [9.17, 15) is 14.7 Å². The highest BCUT2D eigenvalue weighted by atomic mass is 16.5. The van der Waals surface area contributed by atoms with Gasteiger partial charge >= 0.3 is 12.1 Å². The molecule has 0 radical (unpaired) electrons. The van der Waals surface area contributed by atoms with Gasteiger partial charge in [0.2, 0.25) is 0 Å². The lowest BCUT2D eigenvalue weighted by Crippen LogP contribution is -2.53. The third-order valence-corrected chi connectivity index (χ3v) is 4.02. The first-order valence-corrected chi connectivity index (χ1v) is 7.32. The number of rotatable bonds is 4. The van der Waals surface area contributed by atoms with Crippen LogP contribution in [0, 0.1) is 0 Å². The monoisotopic (exact) mass is 291 g/mol. The van der Waals surface area contributed by atoms with Gasteiger partial charge in [-0.15, -0.1) is 0 Å². The zero-order valence-electron chi connectivity index (χ0n) is 12.2.